The summed E-state index contributed by atoms with van der Waals surface area (Å²) in [6, 6.07) is 9.52. The normalized spacial score (nSPS) is 11.4. The monoisotopic (exact) mass is 529 g/mol. The molecule has 0 saturated carbocycles. The highest BCUT2D eigenvalue weighted by atomic mass is 31.2. The molecule has 0 unspecified atom stereocenters. The van der Waals surface area contributed by atoms with Gasteiger partial charge in [-0.05, 0) is 56.6 Å². The predicted octanol–water partition coefficient (Wildman–Crippen LogP) is 5.03. The van der Waals surface area contributed by atoms with Gasteiger partial charge in [0.05, 0.1) is 24.3 Å². The molecule has 198 valence electrons. The third kappa shape index (κ3) is 7.52. The molecular formula is C27H33FN3O5P. The van der Waals surface area contributed by atoms with Crippen LogP contribution in [0.15, 0.2) is 42.6 Å². The number of carbonyl (C=O) groups excluding carboxylic acids is 2. The van der Waals surface area contributed by atoms with Gasteiger partial charge in [-0.25, -0.2) is 4.39 Å². The number of phenols is 1. The maximum Gasteiger partial charge on any atom is 0.252 e. The number of aromatic nitrogens is 1. The molecule has 0 saturated heterocycles. The van der Waals surface area contributed by atoms with Gasteiger partial charge >= 0.3 is 0 Å². The van der Waals surface area contributed by atoms with Gasteiger partial charge in [0.1, 0.15) is 11.3 Å². The maximum atomic E-state index is 13.5. The van der Waals surface area contributed by atoms with Crippen LogP contribution in [-0.2, 0) is 22.1 Å². The van der Waals surface area contributed by atoms with E-state index in [-0.39, 0.29) is 35.1 Å². The van der Waals surface area contributed by atoms with Crippen molar-refractivity contribution >= 4 is 31.5 Å². The van der Waals surface area contributed by atoms with E-state index < -0.39 is 8.38 Å². The number of phenolic OH excluding ortho intramolecular Hbond substituents is 1. The summed E-state index contributed by atoms with van der Waals surface area (Å²) in [5.41, 5.74) is 1.79. The zero-order valence-corrected chi connectivity index (χ0v) is 22.3. The van der Waals surface area contributed by atoms with Crippen molar-refractivity contribution in [3.05, 3.63) is 70.7 Å². The number of carbonyl (C=O) groups is 2. The van der Waals surface area contributed by atoms with Crippen molar-refractivity contribution in [3.63, 3.8) is 0 Å². The molecule has 37 heavy (non-hydrogen) atoms. The molecule has 0 spiro atoms. The average molecular weight is 530 g/mol. The van der Waals surface area contributed by atoms with E-state index in [0.29, 0.717) is 61.7 Å². The predicted molar refractivity (Wildman–Crippen MR) is 142 cm³/mol. The Balaban J connectivity index is 1.87. The topological polar surface area (TPSA) is 101 Å². The Kier molecular flexibility index (Phi) is 10.9. The van der Waals surface area contributed by atoms with Crippen LogP contribution in [0.2, 0.25) is 0 Å². The summed E-state index contributed by atoms with van der Waals surface area (Å²) in [6.45, 7) is 6.00. The quantitative estimate of drug-likeness (QED) is 0.172. The Morgan fingerprint density at radius 1 is 1.16 bits per heavy atom. The number of hydrogen-bond donors (Lipinski definition) is 2. The van der Waals surface area contributed by atoms with E-state index in [1.165, 1.54) is 18.3 Å². The minimum absolute atomic E-state index is 0.0264. The largest absolute Gasteiger partial charge is 0.505 e. The van der Waals surface area contributed by atoms with Gasteiger partial charge in [0, 0.05) is 37.4 Å². The molecule has 3 rings (SSSR count). The highest BCUT2D eigenvalue weighted by Gasteiger charge is 2.25. The highest BCUT2D eigenvalue weighted by molar-refractivity contribution is 7.47. The summed E-state index contributed by atoms with van der Waals surface area (Å²) in [5.74, 6) is -0.939. The molecule has 0 aliphatic carbocycles. The van der Waals surface area contributed by atoms with Crippen LogP contribution < -0.4 is 5.32 Å². The lowest BCUT2D eigenvalue weighted by atomic mass is 9.94. The number of nitrogens with one attached hydrogen (secondary N) is 1. The number of aldehydes is 1. The van der Waals surface area contributed by atoms with Crippen LogP contribution in [0.4, 0.5) is 4.39 Å². The SMILES string of the molecule is CCOP(CCCNC(=O)c1c(CN(C)Cc2ccc(F)cc2)c(C=O)c(O)c2ncccc12)OCC. The van der Waals surface area contributed by atoms with Gasteiger partial charge in [0.15, 0.2) is 20.4 Å². The van der Waals surface area contributed by atoms with Crippen molar-refractivity contribution in [3.8, 4) is 5.75 Å². The van der Waals surface area contributed by atoms with Crippen molar-refractivity contribution in [2.24, 2.45) is 0 Å². The lowest BCUT2D eigenvalue weighted by molar-refractivity contribution is 0.0953. The number of halogens is 1. The summed E-state index contributed by atoms with van der Waals surface area (Å²) < 4.78 is 24.6. The highest BCUT2D eigenvalue weighted by Crippen LogP contribution is 2.38. The Morgan fingerprint density at radius 3 is 2.51 bits per heavy atom. The molecule has 2 N–H and O–H groups in total. The Hall–Kier alpha value is -2.97. The zero-order chi connectivity index (χ0) is 26.8. The van der Waals surface area contributed by atoms with Crippen LogP contribution in [0.1, 0.15) is 52.1 Å². The van der Waals surface area contributed by atoms with Gasteiger partial charge < -0.3 is 19.5 Å². The first-order valence-corrected chi connectivity index (χ1v) is 13.6. The molecule has 0 aliphatic heterocycles. The van der Waals surface area contributed by atoms with Gasteiger partial charge in [-0.15, -0.1) is 0 Å². The fraction of sp³-hybridized carbons (Fsp3) is 0.370. The van der Waals surface area contributed by atoms with E-state index in [1.807, 2.05) is 25.8 Å². The van der Waals surface area contributed by atoms with E-state index in [0.717, 1.165) is 5.56 Å². The lowest BCUT2D eigenvalue weighted by Crippen LogP contribution is -2.28. The first kappa shape index (κ1) is 28.6. The van der Waals surface area contributed by atoms with Gasteiger partial charge in [-0.2, -0.15) is 0 Å². The second-order valence-corrected chi connectivity index (χ2v) is 10.1. The fourth-order valence-electron chi connectivity index (χ4n) is 4.09. The van der Waals surface area contributed by atoms with Crippen molar-refractivity contribution in [1.82, 2.24) is 15.2 Å². The molecule has 0 fully saturated rings. The molecule has 1 aromatic heterocycles. The van der Waals surface area contributed by atoms with E-state index in [9.17, 15) is 19.1 Å². The zero-order valence-electron chi connectivity index (χ0n) is 21.4. The average Bonchev–Trinajstić information content (AvgIpc) is 2.88. The Morgan fingerprint density at radius 2 is 1.86 bits per heavy atom. The van der Waals surface area contributed by atoms with Crippen molar-refractivity contribution < 1.29 is 28.1 Å². The molecule has 10 heteroatoms. The third-order valence-corrected chi connectivity index (χ3v) is 7.45. The summed E-state index contributed by atoms with van der Waals surface area (Å²) in [6.07, 6.45) is 3.40. The molecule has 0 atom stereocenters. The summed E-state index contributed by atoms with van der Waals surface area (Å²) in [4.78, 5) is 31.7. The van der Waals surface area contributed by atoms with E-state index in [2.05, 4.69) is 10.3 Å². The fourth-order valence-corrected chi connectivity index (χ4v) is 5.42. The van der Waals surface area contributed by atoms with E-state index in [4.69, 9.17) is 9.05 Å². The summed E-state index contributed by atoms with van der Waals surface area (Å²) in [7, 11) is 0.825. The second-order valence-electron chi connectivity index (χ2n) is 8.43. The molecule has 3 aromatic rings. The number of aromatic hydroxyl groups is 1. The van der Waals surface area contributed by atoms with Crippen LogP contribution in [0.5, 0.6) is 5.75 Å². The maximum absolute atomic E-state index is 13.5. The van der Waals surface area contributed by atoms with Gasteiger partial charge in [-0.1, -0.05) is 18.2 Å². The first-order chi connectivity index (χ1) is 17.9. The molecule has 0 aliphatic rings. The smallest absolute Gasteiger partial charge is 0.252 e. The molecule has 1 heterocycles. The molecular weight excluding hydrogens is 496 g/mol. The van der Waals surface area contributed by atoms with Crippen LogP contribution in [0.3, 0.4) is 0 Å². The standard InChI is InChI=1S/C27H33FN3O5P/c1-4-35-37(36-5-2)15-7-14-30-27(34)24-21-8-6-13-29-25(21)26(33)23(18-32)22(24)17-31(3)16-19-9-11-20(28)12-10-19/h6,8-13,18,33H,4-5,7,14-17H2,1-3H3,(H,30,34). The molecule has 0 radical (unpaired) electrons. The minimum Gasteiger partial charge on any atom is -0.505 e. The number of fused-ring (bicyclic) bond motifs is 1. The number of nitrogens with zero attached hydrogens (tertiary/aromatic N) is 2. The van der Waals surface area contributed by atoms with Gasteiger partial charge in [-0.3, -0.25) is 19.5 Å². The molecule has 8 nitrogen and oxygen atoms in total. The van der Waals surface area contributed by atoms with Crippen molar-refractivity contribution in [1.29, 1.82) is 0 Å². The van der Waals surface area contributed by atoms with Crippen LogP contribution in [0, 0.1) is 5.82 Å². The summed E-state index contributed by atoms with van der Waals surface area (Å²) >= 11 is 0. The van der Waals surface area contributed by atoms with Crippen LogP contribution >= 0.6 is 8.38 Å². The van der Waals surface area contributed by atoms with Crippen LogP contribution in [0.25, 0.3) is 10.9 Å². The van der Waals surface area contributed by atoms with Crippen molar-refractivity contribution in [2.45, 2.75) is 33.4 Å². The minimum atomic E-state index is -1.00. The number of rotatable bonds is 14. The van der Waals surface area contributed by atoms with E-state index in [1.54, 1.807) is 24.3 Å². The van der Waals surface area contributed by atoms with Crippen LogP contribution in [-0.4, -0.2) is 60.2 Å². The molecule has 2 aromatic carbocycles. The Bertz CT molecular complexity index is 1200. The van der Waals surface area contributed by atoms with Crippen molar-refractivity contribution in [2.75, 3.05) is 33.0 Å². The second kappa shape index (κ2) is 14.1. The number of hydrogen-bond acceptors (Lipinski definition) is 7. The number of benzene rings is 2. The first-order valence-electron chi connectivity index (χ1n) is 12.2. The lowest BCUT2D eigenvalue weighted by Gasteiger charge is -2.22. The molecule has 0 bridgehead atoms. The Labute approximate surface area is 217 Å². The van der Waals surface area contributed by atoms with E-state index >= 15 is 0 Å². The number of amides is 1. The van der Waals surface area contributed by atoms with Gasteiger partial charge in [0.25, 0.3) is 5.91 Å². The summed E-state index contributed by atoms with van der Waals surface area (Å²) in [5, 5.41) is 14.2. The molecule has 1 amide bonds. The third-order valence-electron chi connectivity index (χ3n) is 5.67. The number of pyridine rings is 1. The van der Waals surface area contributed by atoms with Gasteiger partial charge in [0.2, 0.25) is 0 Å².